The molecule has 1 saturated carbocycles. The average Bonchev–Trinajstić information content (AvgIpc) is 3.18. The maximum Gasteiger partial charge on any atom is 0.306 e. The van der Waals surface area contributed by atoms with Crippen molar-refractivity contribution >= 4 is 11.8 Å². The van der Waals surface area contributed by atoms with E-state index in [1.165, 1.54) is 0 Å². The number of hydrogen-bond donors (Lipinski definition) is 0. The van der Waals surface area contributed by atoms with E-state index >= 15 is 0 Å². The van der Waals surface area contributed by atoms with Gasteiger partial charge in [0, 0.05) is 36.0 Å². The monoisotopic (exact) mass is 395 g/mol. The number of rotatable bonds is 6. The Morgan fingerprint density at radius 1 is 1.25 bits per heavy atom. The third kappa shape index (κ3) is 3.53. The van der Waals surface area contributed by atoms with E-state index in [0.29, 0.717) is 25.7 Å². The molecule has 0 aromatic carbocycles. The Kier molecular flexibility index (Phi) is 2.70. The van der Waals surface area contributed by atoms with Crippen LogP contribution in [0.5, 0.6) is 0 Å². The van der Waals surface area contributed by atoms with E-state index in [-0.39, 0.29) is 17.6 Å². The van der Waals surface area contributed by atoms with E-state index in [1.807, 2.05) is 19.1 Å². The van der Waals surface area contributed by atoms with Crippen molar-refractivity contribution < 1.29 is 32.1 Å². The van der Waals surface area contributed by atoms with Gasteiger partial charge in [0.2, 0.25) is 0 Å². The second-order valence-corrected chi connectivity index (χ2v) is 8.12. The predicted octanol–water partition coefficient (Wildman–Crippen LogP) is 5.85. The number of ketones is 1. The molecule has 4 aliphatic carbocycles. The van der Waals surface area contributed by atoms with Crippen LogP contribution in [0, 0.1) is 17.3 Å². The highest BCUT2D eigenvalue weighted by molar-refractivity contribution is 5.93. The molecule has 28 heavy (non-hydrogen) atoms. The van der Waals surface area contributed by atoms with Crippen LogP contribution in [0.3, 0.4) is 0 Å². The number of esters is 1. The second kappa shape index (κ2) is 8.00. The summed E-state index contributed by atoms with van der Waals surface area (Å²) in [6.45, 7) is -1.85. The van der Waals surface area contributed by atoms with E-state index in [0.717, 1.165) is 29.6 Å². The molecule has 0 aromatic heterocycles. The van der Waals surface area contributed by atoms with Gasteiger partial charge in [-0.05, 0) is 73.1 Å². The summed E-state index contributed by atoms with van der Waals surface area (Å²) in [4.78, 5) is 25.1. The largest absolute Gasteiger partial charge is 0.461 e. The number of ether oxygens (including phenoxy) is 1. The zero-order valence-corrected chi connectivity index (χ0v) is 15.9. The van der Waals surface area contributed by atoms with Gasteiger partial charge in [-0.1, -0.05) is 45.0 Å². The summed E-state index contributed by atoms with van der Waals surface area (Å²) < 4.78 is 108. The molecule has 152 valence electrons. The van der Waals surface area contributed by atoms with Crippen LogP contribution < -0.4 is 0 Å². The minimum Gasteiger partial charge on any atom is -0.461 e. The van der Waals surface area contributed by atoms with Gasteiger partial charge in [-0.15, -0.1) is 0 Å². The highest BCUT2D eigenvalue weighted by Crippen LogP contribution is 2.57. The van der Waals surface area contributed by atoms with Crippen LogP contribution in [0.1, 0.15) is 102 Å². The quantitative estimate of drug-likeness (QED) is 0.530. The first-order chi connectivity index (χ1) is 18.4. The molecular weight excluding hydrogens is 348 g/mol. The van der Waals surface area contributed by atoms with E-state index in [1.54, 1.807) is 6.08 Å². The van der Waals surface area contributed by atoms with E-state index in [4.69, 9.17) is 22.6 Å². The normalized spacial score (nSPS) is 43.8. The lowest BCUT2D eigenvalue weighted by atomic mass is 9.60. The molecule has 0 bridgehead atoms. The van der Waals surface area contributed by atoms with Gasteiger partial charge in [-0.3, -0.25) is 9.59 Å². The van der Waals surface area contributed by atoms with Crippen molar-refractivity contribution in [3.05, 3.63) is 34.9 Å². The van der Waals surface area contributed by atoms with Crippen LogP contribution in [0.15, 0.2) is 34.9 Å². The lowest BCUT2D eigenvalue weighted by Gasteiger charge is -2.45. The summed E-state index contributed by atoms with van der Waals surface area (Å²) in [5, 5.41) is 0. The number of carbonyl (C=O) groups excluding carboxylic acids is 2. The summed E-state index contributed by atoms with van der Waals surface area (Å²) >= 11 is 0. The molecule has 4 aliphatic rings. The van der Waals surface area contributed by atoms with Crippen molar-refractivity contribution in [2.24, 2.45) is 17.3 Å². The van der Waals surface area contributed by atoms with Gasteiger partial charge < -0.3 is 4.74 Å². The summed E-state index contributed by atoms with van der Waals surface area (Å²) in [6, 6.07) is 0. The van der Waals surface area contributed by atoms with E-state index < -0.39 is 56.2 Å². The molecule has 0 aliphatic heterocycles. The SMILES string of the molecule is [2H]C([2H])([2H])C([2H])([2H])C([2H])([2H])C([2H])([2H])C([2H])([2H])C([2H])([2H])C(=O)O[C@H]1CC[C@H]2[C@@H]3CCC4=CC(=O)CCC4=C3C=C[C@]12C. The first-order valence-corrected chi connectivity index (χ1v) is 9.82. The zero-order chi connectivity index (χ0) is 31.2. The molecule has 0 spiro atoms. The average molecular weight is 396 g/mol. The van der Waals surface area contributed by atoms with Crippen LogP contribution in [0.25, 0.3) is 0 Å². The van der Waals surface area contributed by atoms with Crippen LogP contribution in [0.4, 0.5) is 0 Å². The van der Waals surface area contributed by atoms with E-state index in [9.17, 15) is 9.59 Å². The molecule has 0 heterocycles. The van der Waals surface area contributed by atoms with Crippen molar-refractivity contribution in [3.8, 4) is 0 Å². The smallest absolute Gasteiger partial charge is 0.306 e. The van der Waals surface area contributed by atoms with Gasteiger partial charge in [-0.25, -0.2) is 0 Å². The zero-order valence-electron chi connectivity index (χ0n) is 28.9. The van der Waals surface area contributed by atoms with Crippen LogP contribution in [0.2, 0.25) is 0 Å². The molecule has 3 nitrogen and oxygen atoms in total. The summed E-state index contributed by atoms with van der Waals surface area (Å²) in [7, 11) is 0. The molecule has 0 N–H and O–H groups in total. The van der Waals surface area contributed by atoms with Gasteiger partial charge in [0.15, 0.2) is 5.78 Å². The minimum absolute atomic E-state index is 0.0155. The molecule has 0 radical (unpaired) electrons. The summed E-state index contributed by atoms with van der Waals surface area (Å²) in [5.74, 6) is -1.52. The minimum atomic E-state index is -4.12. The van der Waals surface area contributed by atoms with E-state index in [2.05, 4.69) is 0 Å². The van der Waals surface area contributed by atoms with Gasteiger partial charge in [0.05, 0.1) is 0 Å². The van der Waals surface area contributed by atoms with Crippen LogP contribution in [-0.2, 0) is 14.3 Å². The lowest BCUT2D eigenvalue weighted by molar-refractivity contribution is -0.153. The predicted molar refractivity (Wildman–Crippen MR) is 111 cm³/mol. The van der Waals surface area contributed by atoms with Gasteiger partial charge in [0.25, 0.3) is 0 Å². The number of fused-ring (bicyclic) bond motifs is 4. The number of carbonyl (C=O) groups is 2. The van der Waals surface area contributed by atoms with Gasteiger partial charge in [0.1, 0.15) is 6.10 Å². The van der Waals surface area contributed by atoms with Crippen molar-refractivity contribution in [2.45, 2.75) is 90.3 Å². The fourth-order valence-electron chi connectivity index (χ4n) is 5.46. The molecule has 0 amide bonds. The van der Waals surface area contributed by atoms with Gasteiger partial charge in [-0.2, -0.15) is 0 Å². The second-order valence-electron chi connectivity index (χ2n) is 8.12. The standard InChI is InChI=1S/C25H34O3/c1-3-4-5-6-7-24(27)28-23-13-12-22-21-10-8-17-16-18(26)9-11-19(17)20(21)14-15-25(22,23)2/h14-16,21-23H,3-13H2,1-2H3/t21-,22+,23+,25+/m1/s1/i1D3,3D2,4D2,5D2,6D2,7D2. The topological polar surface area (TPSA) is 43.4 Å². The summed E-state index contributed by atoms with van der Waals surface area (Å²) in [6.07, 6.45) is -11.7. The molecule has 3 heteroatoms. The van der Waals surface area contributed by atoms with Crippen LogP contribution >= 0.6 is 0 Å². The Bertz CT molecular complexity index is 1230. The van der Waals surface area contributed by atoms with Gasteiger partial charge >= 0.3 is 5.97 Å². The molecule has 0 saturated heterocycles. The molecule has 1 fully saturated rings. The van der Waals surface area contributed by atoms with Crippen molar-refractivity contribution in [1.82, 2.24) is 0 Å². The third-order valence-corrected chi connectivity index (χ3v) is 6.76. The fraction of sp³-hybridized carbons (Fsp3) is 0.680. The van der Waals surface area contributed by atoms with Crippen LogP contribution in [-0.4, -0.2) is 17.9 Å². The summed E-state index contributed by atoms with van der Waals surface area (Å²) in [5.41, 5.74) is 2.62. The van der Waals surface area contributed by atoms with Crippen molar-refractivity contribution in [3.63, 3.8) is 0 Å². The Morgan fingerprint density at radius 2 is 2.14 bits per heavy atom. The highest BCUT2D eigenvalue weighted by atomic mass is 16.5. The van der Waals surface area contributed by atoms with Crippen molar-refractivity contribution in [2.75, 3.05) is 0 Å². The lowest BCUT2D eigenvalue weighted by Crippen LogP contribution is -2.40. The first-order valence-electron chi connectivity index (χ1n) is 16.3. The highest BCUT2D eigenvalue weighted by Gasteiger charge is 2.53. The molecule has 0 aromatic rings. The molecular formula is C25H34O3. The number of hydrogen-bond acceptors (Lipinski definition) is 3. The molecule has 4 rings (SSSR count). The Balaban J connectivity index is 1.61. The Morgan fingerprint density at radius 3 is 3.00 bits per heavy atom. The maximum atomic E-state index is 13.2. The molecule has 0 unspecified atom stereocenters. The fourth-order valence-corrected chi connectivity index (χ4v) is 5.46. The Labute approximate surface area is 187 Å². The number of allylic oxidation sites excluding steroid dienone is 5. The third-order valence-electron chi connectivity index (χ3n) is 6.76. The molecule has 4 atom stereocenters. The van der Waals surface area contributed by atoms with Crippen molar-refractivity contribution in [1.29, 1.82) is 0 Å². The maximum absolute atomic E-state index is 13.2. The Hall–Kier alpha value is -1.64. The first kappa shape index (κ1) is 9.45.